The van der Waals surface area contributed by atoms with Crippen LogP contribution in [0.15, 0.2) is 18.2 Å². The van der Waals surface area contributed by atoms with Crippen molar-refractivity contribution >= 4 is 5.69 Å². The van der Waals surface area contributed by atoms with Gasteiger partial charge in [0.2, 0.25) is 0 Å². The van der Waals surface area contributed by atoms with Gasteiger partial charge >= 0.3 is 0 Å². The predicted molar refractivity (Wildman–Crippen MR) is 73.5 cm³/mol. The van der Waals surface area contributed by atoms with E-state index in [0.29, 0.717) is 0 Å². The lowest BCUT2D eigenvalue weighted by atomic mass is 10.1. The Morgan fingerprint density at radius 1 is 1.18 bits per heavy atom. The Labute approximate surface area is 104 Å². The highest BCUT2D eigenvalue weighted by molar-refractivity contribution is 5.47. The molecule has 0 aromatic heterocycles. The fourth-order valence-electron chi connectivity index (χ4n) is 2.28. The maximum absolute atomic E-state index is 3.18. The molecule has 0 radical (unpaired) electrons. The van der Waals surface area contributed by atoms with Crippen LogP contribution in [0.5, 0.6) is 0 Å². The average Bonchev–Trinajstić information content (AvgIpc) is 2.34. The van der Waals surface area contributed by atoms with Gasteiger partial charge < -0.3 is 10.2 Å². The molecular weight excluding hydrogens is 210 g/mol. The molecule has 94 valence electrons. The maximum atomic E-state index is 3.18. The number of piperazine rings is 1. The van der Waals surface area contributed by atoms with Crippen molar-refractivity contribution in [1.29, 1.82) is 0 Å². The van der Waals surface area contributed by atoms with Gasteiger partial charge in [0.1, 0.15) is 0 Å². The van der Waals surface area contributed by atoms with Gasteiger partial charge in [-0.15, -0.1) is 0 Å². The maximum Gasteiger partial charge on any atom is 0.0340 e. The number of hydrogen-bond donors (Lipinski definition) is 1. The molecule has 2 rings (SSSR count). The standard InChI is InChI=1S/C14H23N3/c1-12-10-14(15-2)5-4-13(12)11-17-8-6-16(3)7-9-17/h4-5,10,15H,6-9,11H2,1-3H3. The van der Waals surface area contributed by atoms with Crippen molar-refractivity contribution in [2.75, 3.05) is 45.6 Å². The third-order valence-corrected chi connectivity index (χ3v) is 3.62. The summed E-state index contributed by atoms with van der Waals surface area (Å²) in [6.45, 7) is 8.03. The molecule has 1 aliphatic rings. The third-order valence-electron chi connectivity index (χ3n) is 3.62. The first-order valence-electron chi connectivity index (χ1n) is 6.37. The SMILES string of the molecule is CNc1ccc(CN2CCN(C)CC2)c(C)c1. The van der Waals surface area contributed by atoms with Crippen LogP contribution in [-0.2, 0) is 6.54 Å². The summed E-state index contributed by atoms with van der Waals surface area (Å²) in [4.78, 5) is 4.94. The highest BCUT2D eigenvalue weighted by Crippen LogP contribution is 2.17. The van der Waals surface area contributed by atoms with Crippen LogP contribution in [0.4, 0.5) is 5.69 Å². The predicted octanol–water partition coefficient (Wildman–Crippen LogP) is 1.78. The molecule has 0 saturated carbocycles. The lowest BCUT2D eigenvalue weighted by Gasteiger charge is -2.32. The van der Waals surface area contributed by atoms with E-state index in [9.17, 15) is 0 Å². The molecule has 17 heavy (non-hydrogen) atoms. The van der Waals surface area contributed by atoms with Crippen molar-refractivity contribution < 1.29 is 0 Å². The minimum atomic E-state index is 1.09. The second-order valence-corrected chi connectivity index (χ2v) is 4.97. The normalized spacial score (nSPS) is 18.3. The molecule has 0 unspecified atom stereocenters. The molecule has 0 amide bonds. The number of nitrogens with zero attached hydrogens (tertiary/aromatic N) is 2. The number of nitrogens with one attached hydrogen (secondary N) is 1. The van der Waals surface area contributed by atoms with E-state index in [4.69, 9.17) is 0 Å². The average molecular weight is 233 g/mol. The van der Waals surface area contributed by atoms with Gasteiger partial charge in [-0.1, -0.05) is 6.07 Å². The Morgan fingerprint density at radius 2 is 1.88 bits per heavy atom. The lowest BCUT2D eigenvalue weighted by Crippen LogP contribution is -2.43. The first-order chi connectivity index (χ1) is 8.19. The Hall–Kier alpha value is -1.06. The molecule has 0 spiro atoms. The van der Waals surface area contributed by atoms with Crippen LogP contribution in [0.25, 0.3) is 0 Å². The summed E-state index contributed by atoms with van der Waals surface area (Å²) >= 11 is 0. The molecule has 0 aliphatic carbocycles. The minimum Gasteiger partial charge on any atom is -0.388 e. The molecule has 1 aliphatic heterocycles. The first-order valence-corrected chi connectivity index (χ1v) is 6.37. The van der Waals surface area contributed by atoms with Crippen LogP contribution in [0.2, 0.25) is 0 Å². The largest absolute Gasteiger partial charge is 0.388 e. The van der Waals surface area contributed by atoms with E-state index in [2.05, 4.69) is 47.3 Å². The van der Waals surface area contributed by atoms with Crippen molar-refractivity contribution in [1.82, 2.24) is 9.80 Å². The molecule has 1 N–H and O–H groups in total. The van der Waals surface area contributed by atoms with E-state index in [-0.39, 0.29) is 0 Å². The van der Waals surface area contributed by atoms with Gasteiger partial charge in [0.05, 0.1) is 0 Å². The second-order valence-electron chi connectivity index (χ2n) is 4.97. The van der Waals surface area contributed by atoms with Crippen molar-refractivity contribution in [3.05, 3.63) is 29.3 Å². The first kappa shape index (κ1) is 12.4. The molecular formula is C14H23N3. The Kier molecular flexibility index (Phi) is 4.02. The summed E-state index contributed by atoms with van der Waals surface area (Å²) in [7, 11) is 4.17. The van der Waals surface area contributed by atoms with Gasteiger partial charge in [-0.25, -0.2) is 0 Å². The van der Waals surface area contributed by atoms with Crippen molar-refractivity contribution in [3.63, 3.8) is 0 Å². The van der Waals surface area contributed by atoms with Crippen LogP contribution < -0.4 is 5.32 Å². The second kappa shape index (κ2) is 5.52. The van der Waals surface area contributed by atoms with Gasteiger partial charge in [0.25, 0.3) is 0 Å². The minimum absolute atomic E-state index is 1.09. The van der Waals surface area contributed by atoms with E-state index >= 15 is 0 Å². The van der Waals surface area contributed by atoms with Gasteiger partial charge in [-0.05, 0) is 37.2 Å². The Balaban J connectivity index is 1.99. The summed E-state index contributed by atoms with van der Waals surface area (Å²) in [5.41, 5.74) is 4.04. The van der Waals surface area contributed by atoms with Gasteiger partial charge in [-0.2, -0.15) is 0 Å². The summed E-state index contributed by atoms with van der Waals surface area (Å²) in [6.07, 6.45) is 0. The zero-order valence-electron chi connectivity index (χ0n) is 11.2. The summed E-state index contributed by atoms with van der Waals surface area (Å²) in [5, 5.41) is 3.18. The van der Waals surface area contributed by atoms with Crippen LogP contribution in [-0.4, -0.2) is 50.1 Å². The molecule has 3 heteroatoms. The quantitative estimate of drug-likeness (QED) is 0.858. The van der Waals surface area contributed by atoms with Gasteiger partial charge in [0.15, 0.2) is 0 Å². The lowest BCUT2D eigenvalue weighted by molar-refractivity contribution is 0.148. The molecule has 1 aromatic rings. The van der Waals surface area contributed by atoms with Crippen LogP contribution in [0.3, 0.4) is 0 Å². The molecule has 1 heterocycles. The molecule has 0 bridgehead atoms. The van der Waals surface area contributed by atoms with Crippen molar-refractivity contribution in [2.45, 2.75) is 13.5 Å². The zero-order chi connectivity index (χ0) is 12.3. The summed E-state index contributed by atoms with van der Waals surface area (Å²) < 4.78 is 0. The van der Waals surface area contributed by atoms with Crippen LogP contribution >= 0.6 is 0 Å². The molecule has 1 fully saturated rings. The van der Waals surface area contributed by atoms with E-state index < -0.39 is 0 Å². The van der Waals surface area contributed by atoms with Crippen LogP contribution in [0.1, 0.15) is 11.1 Å². The number of rotatable bonds is 3. The van der Waals surface area contributed by atoms with E-state index in [1.807, 2.05) is 7.05 Å². The van der Waals surface area contributed by atoms with E-state index in [1.54, 1.807) is 0 Å². The molecule has 1 saturated heterocycles. The van der Waals surface area contributed by atoms with E-state index in [0.717, 1.165) is 6.54 Å². The molecule has 1 aromatic carbocycles. The number of hydrogen-bond acceptors (Lipinski definition) is 3. The number of aryl methyl sites for hydroxylation is 1. The Bertz CT molecular complexity index is 368. The highest BCUT2D eigenvalue weighted by atomic mass is 15.2. The summed E-state index contributed by atoms with van der Waals surface area (Å²) in [5.74, 6) is 0. The van der Waals surface area contributed by atoms with Crippen LogP contribution in [0, 0.1) is 6.92 Å². The fraction of sp³-hybridized carbons (Fsp3) is 0.571. The smallest absolute Gasteiger partial charge is 0.0340 e. The number of likely N-dealkylation sites (N-methyl/N-ethyl adjacent to an activating group) is 1. The van der Waals surface area contributed by atoms with Gasteiger partial charge in [0, 0.05) is 45.5 Å². The van der Waals surface area contributed by atoms with Crippen molar-refractivity contribution in [2.24, 2.45) is 0 Å². The summed E-state index contributed by atoms with van der Waals surface area (Å²) in [6, 6.07) is 6.64. The van der Waals surface area contributed by atoms with Crippen molar-refractivity contribution in [3.8, 4) is 0 Å². The fourth-order valence-corrected chi connectivity index (χ4v) is 2.28. The highest BCUT2D eigenvalue weighted by Gasteiger charge is 2.14. The van der Waals surface area contributed by atoms with Gasteiger partial charge in [-0.3, -0.25) is 4.90 Å². The number of anilines is 1. The zero-order valence-corrected chi connectivity index (χ0v) is 11.2. The number of benzene rings is 1. The Morgan fingerprint density at radius 3 is 2.47 bits per heavy atom. The van der Waals surface area contributed by atoms with E-state index in [1.165, 1.54) is 43.0 Å². The topological polar surface area (TPSA) is 18.5 Å². The third kappa shape index (κ3) is 3.20. The molecule has 3 nitrogen and oxygen atoms in total. The molecule has 0 atom stereocenters. The monoisotopic (exact) mass is 233 g/mol.